The molecule has 0 saturated carbocycles. The Balaban J connectivity index is 1.96. The summed E-state index contributed by atoms with van der Waals surface area (Å²) in [5, 5.41) is 2.79. The van der Waals surface area contributed by atoms with Gasteiger partial charge in [0, 0.05) is 18.7 Å². The maximum absolute atomic E-state index is 11.8. The van der Waals surface area contributed by atoms with E-state index in [0.717, 1.165) is 17.7 Å². The van der Waals surface area contributed by atoms with Crippen molar-refractivity contribution in [3.8, 4) is 0 Å². The molecule has 0 saturated heterocycles. The van der Waals surface area contributed by atoms with Gasteiger partial charge in [-0.15, -0.1) is 0 Å². The Bertz CT molecular complexity index is 546. The lowest BCUT2D eigenvalue weighted by molar-refractivity contribution is 0.0921. The summed E-state index contributed by atoms with van der Waals surface area (Å²) >= 11 is 0. The zero-order chi connectivity index (χ0) is 13.0. The van der Waals surface area contributed by atoms with Gasteiger partial charge in [0.15, 0.2) is 5.76 Å². The first kappa shape index (κ1) is 12.2. The molecule has 0 aliphatic carbocycles. The Morgan fingerprint density at radius 2 is 2.17 bits per heavy atom. The summed E-state index contributed by atoms with van der Waals surface area (Å²) < 4.78 is 5.37. The molecule has 0 radical (unpaired) electrons. The van der Waals surface area contributed by atoms with E-state index in [-0.39, 0.29) is 5.91 Å². The Kier molecular flexibility index (Phi) is 3.67. The minimum Gasteiger partial charge on any atom is -0.456 e. The molecule has 0 atom stereocenters. The Morgan fingerprint density at radius 1 is 1.33 bits per heavy atom. The van der Waals surface area contributed by atoms with Crippen molar-refractivity contribution in [2.24, 2.45) is 0 Å². The fourth-order valence-electron chi connectivity index (χ4n) is 1.66. The van der Waals surface area contributed by atoms with E-state index in [9.17, 15) is 4.79 Å². The van der Waals surface area contributed by atoms with Gasteiger partial charge >= 0.3 is 0 Å². The van der Waals surface area contributed by atoms with Crippen LogP contribution in [0.1, 0.15) is 28.8 Å². The van der Waals surface area contributed by atoms with Gasteiger partial charge in [-0.05, 0) is 29.8 Å². The molecule has 1 heterocycles. The van der Waals surface area contributed by atoms with Crippen LogP contribution in [0.15, 0.2) is 40.8 Å². The molecule has 3 N–H and O–H groups in total. The highest BCUT2D eigenvalue weighted by atomic mass is 16.3. The van der Waals surface area contributed by atoms with Gasteiger partial charge in [0.2, 0.25) is 0 Å². The smallest absolute Gasteiger partial charge is 0.287 e. The van der Waals surface area contributed by atoms with Crippen LogP contribution >= 0.6 is 0 Å². The molecule has 0 fully saturated rings. The maximum Gasteiger partial charge on any atom is 0.287 e. The average molecular weight is 244 g/mol. The summed E-state index contributed by atoms with van der Waals surface area (Å²) in [6, 6.07) is 10.9. The van der Waals surface area contributed by atoms with Crippen molar-refractivity contribution < 1.29 is 9.21 Å². The number of hydrogen-bond donors (Lipinski definition) is 2. The molecule has 18 heavy (non-hydrogen) atoms. The van der Waals surface area contributed by atoms with E-state index < -0.39 is 0 Å². The molecule has 0 unspecified atom stereocenters. The van der Waals surface area contributed by atoms with Crippen LogP contribution < -0.4 is 11.1 Å². The molecule has 0 aliphatic heterocycles. The largest absolute Gasteiger partial charge is 0.456 e. The molecule has 2 aromatic rings. The molecular formula is C14H16N2O2. The maximum atomic E-state index is 11.8. The molecule has 1 aromatic heterocycles. The third kappa shape index (κ3) is 2.91. The van der Waals surface area contributed by atoms with Gasteiger partial charge < -0.3 is 15.5 Å². The Hall–Kier alpha value is -2.23. The van der Waals surface area contributed by atoms with Gasteiger partial charge in [-0.2, -0.15) is 0 Å². The molecule has 2 rings (SSSR count). The lowest BCUT2D eigenvalue weighted by atomic mass is 10.2. The van der Waals surface area contributed by atoms with Crippen molar-refractivity contribution in [1.82, 2.24) is 5.32 Å². The molecular weight excluding hydrogens is 228 g/mol. The van der Waals surface area contributed by atoms with Crippen LogP contribution in [-0.4, -0.2) is 5.91 Å². The number of carbonyl (C=O) groups is 1. The van der Waals surface area contributed by atoms with Crippen molar-refractivity contribution in [1.29, 1.82) is 0 Å². The normalized spacial score (nSPS) is 10.3. The van der Waals surface area contributed by atoms with Gasteiger partial charge in [0.05, 0.1) is 0 Å². The van der Waals surface area contributed by atoms with Crippen LogP contribution in [0.25, 0.3) is 0 Å². The lowest BCUT2D eigenvalue weighted by Crippen LogP contribution is -2.22. The summed E-state index contributed by atoms with van der Waals surface area (Å²) in [5.41, 5.74) is 7.32. The summed E-state index contributed by atoms with van der Waals surface area (Å²) in [4.78, 5) is 11.8. The molecule has 4 heteroatoms. The molecule has 4 nitrogen and oxygen atoms in total. The van der Waals surface area contributed by atoms with Crippen LogP contribution in [0, 0.1) is 0 Å². The number of hydrogen-bond acceptors (Lipinski definition) is 3. The number of amides is 1. The van der Waals surface area contributed by atoms with E-state index in [1.807, 2.05) is 37.3 Å². The fourth-order valence-corrected chi connectivity index (χ4v) is 1.66. The quantitative estimate of drug-likeness (QED) is 0.811. The number of nitrogens with one attached hydrogen (secondary N) is 1. The van der Waals surface area contributed by atoms with Gasteiger partial charge in [-0.1, -0.05) is 19.1 Å². The molecule has 1 amide bonds. The monoisotopic (exact) mass is 244 g/mol. The topological polar surface area (TPSA) is 68.3 Å². The third-order valence-electron chi connectivity index (χ3n) is 2.64. The Labute approximate surface area is 106 Å². The second-order valence-electron chi connectivity index (χ2n) is 4.05. The van der Waals surface area contributed by atoms with Crippen molar-refractivity contribution in [3.63, 3.8) is 0 Å². The fraction of sp³-hybridized carbons (Fsp3) is 0.214. The van der Waals surface area contributed by atoms with Crippen LogP contribution in [0.4, 0.5) is 5.69 Å². The highest BCUT2D eigenvalue weighted by Gasteiger charge is 2.09. The summed E-state index contributed by atoms with van der Waals surface area (Å²) in [5.74, 6) is 0.942. The van der Waals surface area contributed by atoms with Crippen molar-refractivity contribution in [2.75, 3.05) is 5.73 Å². The predicted octanol–water partition coefficient (Wildman–Crippen LogP) is 2.35. The van der Waals surface area contributed by atoms with Crippen LogP contribution in [-0.2, 0) is 13.0 Å². The number of benzene rings is 1. The van der Waals surface area contributed by atoms with Crippen LogP contribution in [0.3, 0.4) is 0 Å². The van der Waals surface area contributed by atoms with E-state index >= 15 is 0 Å². The van der Waals surface area contributed by atoms with E-state index in [1.165, 1.54) is 0 Å². The first-order valence-electron chi connectivity index (χ1n) is 5.90. The SMILES string of the molecule is CCc1ccc(C(=O)NCc2cccc(N)c2)o1. The molecule has 0 bridgehead atoms. The number of carbonyl (C=O) groups excluding carboxylic acids is 1. The number of anilines is 1. The standard InChI is InChI=1S/C14H16N2O2/c1-2-12-6-7-13(18-12)14(17)16-9-10-4-3-5-11(15)8-10/h3-8H,2,9,15H2,1H3,(H,16,17). The van der Waals surface area contributed by atoms with Crippen LogP contribution in [0.2, 0.25) is 0 Å². The summed E-state index contributed by atoms with van der Waals surface area (Å²) in [6.07, 6.45) is 0.780. The summed E-state index contributed by atoms with van der Waals surface area (Å²) in [7, 11) is 0. The van der Waals surface area contributed by atoms with E-state index in [2.05, 4.69) is 5.32 Å². The minimum absolute atomic E-state index is 0.211. The number of aryl methyl sites for hydroxylation is 1. The first-order chi connectivity index (χ1) is 8.69. The average Bonchev–Trinajstić information content (AvgIpc) is 2.85. The molecule has 0 spiro atoms. The zero-order valence-electron chi connectivity index (χ0n) is 10.3. The Morgan fingerprint density at radius 3 is 2.83 bits per heavy atom. The zero-order valence-corrected chi connectivity index (χ0v) is 10.3. The van der Waals surface area contributed by atoms with Crippen molar-refractivity contribution in [2.45, 2.75) is 19.9 Å². The van der Waals surface area contributed by atoms with Gasteiger partial charge in [0.1, 0.15) is 5.76 Å². The lowest BCUT2D eigenvalue weighted by Gasteiger charge is -2.04. The minimum atomic E-state index is -0.211. The summed E-state index contributed by atoms with van der Waals surface area (Å²) in [6.45, 7) is 2.42. The first-order valence-corrected chi connectivity index (χ1v) is 5.90. The second kappa shape index (κ2) is 5.40. The van der Waals surface area contributed by atoms with Crippen molar-refractivity contribution >= 4 is 11.6 Å². The molecule has 94 valence electrons. The number of rotatable bonds is 4. The van der Waals surface area contributed by atoms with E-state index in [4.69, 9.17) is 10.2 Å². The highest BCUT2D eigenvalue weighted by molar-refractivity contribution is 5.91. The highest BCUT2D eigenvalue weighted by Crippen LogP contribution is 2.09. The molecule has 1 aromatic carbocycles. The number of furan rings is 1. The van der Waals surface area contributed by atoms with E-state index in [0.29, 0.717) is 18.0 Å². The number of nitrogens with two attached hydrogens (primary N) is 1. The number of nitrogen functional groups attached to an aromatic ring is 1. The second-order valence-corrected chi connectivity index (χ2v) is 4.05. The van der Waals surface area contributed by atoms with Gasteiger partial charge in [-0.3, -0.25) is 4.79 Å². The van der Waals surface area contributed by atoms with Gasteiger partial charge in [0.25, 0.3) is 5.91 Å². The van der Waals surface area contributed by atoms with Gasteiger partial charge in [-0.25, -0.2) is 0 Å². The van der Waals surface area contributed by atoms with Crippen LogP contribution in [0.5, 0.6) is 0 Å². The molecule has 0 aliphatic rings. The van der Waals surface area contributed by atoms with E-state index in [1.54, 1.807) is 6.07 Å². The predicted molar refractivity (Wildman–Crippen MR) is 70.1 cm³/mol. The van der Waals surface area contributed by atoms with Crippen molar-refractivity contribution in [3.05, 3.63) is 53.5 Å². The third-order valence-corrected chi connectivity index (χ3v) is 2.64.